The van der Waals surface area contributed by atoms with Crippen molar-refractivity contribution < 1.29 is 32.2 Å². The summed E-state index contributed by atoms with van der Waals surface area (Å²) in [5.41, 5.74) is 1.30. The fourth-order valence-corrected chi connectivity index (χ4v) is 3.80. The van der Waals surface area contributed by atoms with Crippen LogP contribution >= 0.6 is 0 Å². The summed E-state index contributed by atoms with van der Waals surface area (Å²) in [6.45, 7) is 5.44. The quantitative estimate of drug-likeness (QED) is 0.405. The molecule has 0 bridgehead atoms. The molecule has 34 heavy (non-hydrogen) atoms. The summed E-state index contributed by atoms with van der Waals surface area (Å²) < 4.78 is 49.1. The van der Waals surface area contributed by atoms with Crippen LogP contribution in [-0.2, 0) is 25.2 Å². The number of nitrogens with zero attached hydrogens (tertiary/aromatic N) is 2. The van der Waals surface area contributed by atoms with Crippen LogP contribution in [0.1, 0.15) is 19.4 Å². The SMILES string of the molecule is CC1(C)OC(=O)C(=CNc2ccc(N3CCN(c4cccc(C(F)(F)F)c4)CC3)cc2)C(=O)O1. The second-order valence-electron chi connectivity index (χ2n) is 8.45. The zero-order valence-electron chi connectivity index (χ0n) is 18.7. The van der Waals surface area contributed by atoms with E-state index < -0.39 is 29.5 Å². The third-order valence-electron chi connectivity index (χ3n) is 5.55. The first-order chi connectivity index (χ1) is 16.0. The number of hydrogen-bond acceptors (Lipinski definition) is 7. The van der Waals surface area contributed by atoms with Crippen molar-refractivity contribution >= 4 is 29.0 Å². The molecule has 0 aliphatic carbocycles. The maximum absolute atomic E-state index is 13.0. The Balaban J connectivity index is 1.35. The molecule has 2 aliphatic rings. The average Bonchev–Trinajstić information content (AvgIpc) is 2.78. The molecule has 180 valence electrons. The van der Waals surface area contributed by atoms with Gasteiger partial charge in [0.2, 0.25) is 0 Å². The highest BCUT2D eigenvalue weighted by atomic mass is 19.4. The van der Waals surface area contributed by atoms with Crippen LogP contribution in [0.4, 0.5) is 30.2 Å². The van der Waals surface area contributed by atoms with Crippen molar-refractivity contribution in [1.82, 2.24) is 0 Å². The normalized spacial score (nSPS) is 18.3. The molecule has 0 spiro atoms. The van der Waals surface area contributed by atoms with Gasteiger partial charge in [-0.15, -0.1) is 0 Å². The van der Waals surface area contributed by atoms with E-state index in [1.807, 2.05) is 17.0 Å². The van der Waals surface area contributed by atoms with Gasteiger partial charge in [-0.1, -0.05) is 6.07 Å². The molecule has 7 nitrogen and oxygen atoms in total. The van der Waals surface area contributed by atoms with Crippen LogP contribution < -0.4 is 15.1 Å². The number of rotatable bonds is 4. The zero-order valence-corrected chi connectivity index (χ0v) is 18.7. The lowest BCUT2D eigenvalue weighted by Crippen LogP contribution is -2.46. The second kappa shape index (κ2) is 8.92. The molecular formula is C24H24F3N3O4. The van der Waals surface area contributed by atoms with Crippen molar-refractivity contribution in [2.45, 2.75) is 25.8 Å². The summed E-state index contributed by atoms with van der Waals surface area (Å²) in [4.78, 5) is 28.1. The van der Waals surface area contributed by atoms with E-state index in [1.165, 1.54) is 32.2 Å². The molecule has 10 heteroatoms. The van der Waals surface area contributed by atoms with E-state index in [2.05, 4.69) is 10.2 Å². The summed E-state index contributed by atoms with van der Waals surface area (Å²) in [7, 11) is 0. The highest BCUT2D eigenvalue weighted by Gasteiger charge is 2.39. The Morgan fingerprint density at radius 3 is 2.00 bits per heavy atom. The van der Waals surface area contributed by atoms with Crippen molar-refractivity contribution in [3.05, 3.63) is 65.9 Å². The molecule has 0 saturated carbocycles. The summed E-state index contributed by atoms with van der Waals surface area (Å²) >= 11 is 0. The number of ether oxygens (including phenoxy) is 2. The van der Waals surface area contributed by atoms with Crippen molar-refractivity contribution in [2.24, 2.45) is 0 Å². The first-order valence-corrected chi connectivity index (χ1v) is 10.7. The zero-order chi connectivity index (χ0) is 24.5. The Labute approximate surface area is 194 Å². The highest BCUT2D eigenvalue weighted by Crippen LogP contribution is 2.32. The average molecular weight is 475 g/mol. The Kier molecular flexibility index (Phi) is 6.16. The number of carbonyl (C=O) groups is 2. The predicted octanol–water partition coefficient (Wildman–Crippen LogP) is 4.16. The third-order valence-corrected chi connectivity index (χ3v) is 5.55. The van der Waals surface area contributed by atoms with Crippen molar-refractivity contribution in [3.63, 3.8) is 0 Å². The molecule has 2 aromatic carbocycles. The van der Waals surface area contributed by atoms with E-state index >= 15 is 0 Å². The number of piperazine rings is 1. The van der Waals surface area contributed by atoms with Crippen LogP contribution in [0.3, 0.4) is 0 Å². The van der Waals surface area contributed by atoms with E-state index in [9.17, 15) is 22.8 Å². The number of alkyl halides is 3. The molecule has 2 heterocycles. The number of hydrogen-bond donors (Lipinski definition) is 1. The molecule has 2 aromatic rings. The monoisotopic (exact) mass is 475 g/mol. The molecule has 2 saturated heterocycles. The van der Waals surface area contributed by atoms with Crippen molar-refractivity contribution in [3.8, 4) is 0 Å². The van der Waals surface area contributed by atoms with Gasteiger partial charge in [-0.05, 0) is 42.5 Å². The smallest absolute Gasteiger partial charge is 0.416 e. The summed E-state index contributed by atoms with van der Waals surface area (Å²) in [5, 5.41) is 2.90. The van der Waals surface area contributed by atoms with Gasteiger partial charge >= 0.3 is 18.1 Å². The van der Waals surface area contributed by atoms with E-state index in [0.717, 1.165) is 11.8 Å². The van der Waals surface area contributed by atoms with E-state index in [1.54, 1.807) is 18.2 Å². The molecule has 0 amide bonds. The van der Waals surface area contributed by atoms with Crippen LogP contribution in [0.2, 0.25) is 0 Å². The van der Waals surface area contributed by atoms with Crippen LogP contribution in [0, 0.1) is 0 Å². The van der Waals surface area contributed by atoms with Gasteiger partial charge in [0, 0.05) is 63.3 Å². The molecule has 4 rings (SSSR count). The Morgan fingerprint density at radius 1 is 0.882 bits per heavy atom. The first kappa shape index (κ1) is 23.5. The van der Waals surface area contributed by atoms with Gasteiger partial charge in [0.1, 0.15) is 0 Å². The molecule has 2 fully saturated rings. The number of esters is 2. The summed E-state index contributed by atoms with van der Waals surface area (Å²) in [6.07, 6.45) is -3.11. The number of halogens is 3. The Morgan fingerprint density at radius 2 is 1.44 bits per heavy atom. The maximum atomic E-state index is 13.0. The second-order valence-corrected chi connectivity index (χ2v) is 8.45. The van der Waals surface area contributed by atoms with Crippen molar-refractivity contribution in [2.75, 3.05) is 41.3 Å². The fourth-order valence-electron chi connectivity index (χ4n) is 3.80. The predicted molar refractivity (Wildman–Crippen MR) is 120 cm³/mol. The third kappa shape index (κ3) is 5.27. The lowest BCUT2D eigenvalue weighted by atomic mass is 10.1. The topological polar surface area (TPSA) is 71.1 Å². The van der Waals surface area contributed by atoms with Gasteiger partial charge in [0.15, 0.2) is 5.57 Å². The van der Waals surface area contributed by atoms with Gasteiger partial charge in [-0.25, -0.2) is 9.59 Å². The minimum absolute atomic E-state index is 0.228. The Bertz CT molecular complexity index is 1080. The van der Waals surface area contributed by atoms with E-state index in [0.29, 0.717) is 37.6 Å². The van der Waals surface area contributed by atoms with E-state index in [4.69, 9.17) is 9.47 Å². The van der Waals surface area contributed by atoms with E-state index in [-0.39, 0.29) is 5.57 Å². The van der Waals surface area contributed by atoms with Crippen molar-refractivity contribution in [1.29, 1.82) is 0 Å². The number of anilines is 3. The minimum atomic E-state index is -4.36. The molecule has 0 aromatic heterocycles. The largest absolute Gasteiger partial charge is 0.419 e. The van der Waals surface area contributed by atoms with Crippen LogP contribution in [0.5, 0.6) is 0 Å². The Hall–Kier alpha value is -3.69. The molecule has 0 atom stereocenters. The van der Waals surface area contributed by atoms with Crippen LogP contribution in [-0.4, -0.2) is 43.9 Å². The molecule has 0 radical (unpaired) electrons. The summed E-state index contributed by atoms with van der Waals surface area (Å²) in [6, 6.07) is 12.8. The molecular weight excluding hydrogens is 451 g/mol. The molecule has 2 aliphatic heterocycles. The van der Waals surface area contributed by atoms with Crippen LogP contribution in [0.15, 0.2) is 60.3 Å². The van der Waals surface area contributed by atoms with Gasteiger partial charge < -0.3 is 24.6 Å². The molecule has 1 N–H and O–H groups in total. The number of carbonyl (C=O) groups excluding carboxylic acids is 2. The number of nitrogens with one attached hydrogen (secondary N) is 1. The minimum Gasteiger partial charge on any atom is -0.419 e. The van der Waals surface area contributed by atoms with Gasteiger partial charge in [-0.3, -0.25) is 0 Å². The number of cyclic esters (lactones) is 2. The molecule has 0 unspecified atom stereocenters. The van der Waals surface area contributed by atoms with Gasteiger partial charge in [0.25, 0.3) is 5.79 Å². The maximum Gasteiger partial charge on any atom is 0.416 e. The fraction of sp³-hybridized carbons (Fsp3) is 0.333. The first-order valence-electron chi connectivity index (χ1n) is 10.7. The lowest BCUT2D eigenvalue weighted by Gasteiger charge is -2.37. The standard InChI is InChI=1S/C24H24F3N3O4/c1-23(2)33-21(31)20(22(32)34-23)15-28-17-6-8-18(9-7-17)29-10-12-30(13-11-29)19-5-3-4-16(14-19)24(25,26)27/h3-9,14-15,28H,10-13H2,1-2H3. The lowest BCUT2D eigenvalue weighted by molar-refractivity contribution is -0.222. The summed E-state index contributed by atoms with van der Waals surface area (Å²) in [5.74, 6) is -2.81. The van der Waals surface area contributed by atoms with Crippen LogP contribution in [0.25, 0.3) is 0 Å². The number of benzene rings is 2. The van der Waals surface area contributed by atoms with Gasteiger partial charge in [0.05, 0.1) is 5.56 Å². The van der Waals surface area contributed by atoms with Gasteiger partial charge in [-0.2, -0.15) is 13.2 Å². The highest BCUT2D eigenvalue weighted by molar-refractivity contribution is 6.15.